The fourth-order valence-electron chi connectivity index (χ4n) is 5.02. The third kappa shape index (κ3) is 5.08. The molecule has 0 aliphatic carbocycles. The van der Waals surface area contributed by atoms with E-state index in [1.165, 1.54) is 12.3 Å². The first-order chi connectivity index (χ1) is 17.1. The van der Waals surface area contributed by atoms with Crippen molar-refractivity contribution in [3.05, 3.63) is 48.3 Å². The normalized spacial score (nSPS) is 22.2. The van der Waals surface area contributed by atoms with Crippen molar-refractivity contribution in [2.24, 2.45) is 0 Å². The summed E-state index contributed by atoms with van der Waals surface area (Å²) in [7, 11) is -3.18. The van der Waals surface area contributed by atoms with Crippen LogP contribution in [0.1, 0.15) is 42.6 Å². The maximum Gasteiger partial charge on any atom is 0.387 e. The zero-order valence-electron chi connectivity index (χ0n) is 19.7. The molecule has 1 N–H and O–H groups in total. The van der Waals surface area contributed by atoms with E-state index in [1.54, 1.807) is 31.2 Å². The molecule has 11 heteroatoms. The number of benzene rings is 1. The molecule has 1 unspecified atom stereocenters. The predicted octanol–water partition coefficient (Wildman–Crippen LogP) is 3.96. The maximum atomic E-state index is 13.1. The smallest absolute Gasteiger partial charge is 0.387 e. The molecule has 5 rings (SSSR count). The molecule has 0 radical (unpaired) electrons. The van der Waals surface area contributed by atoms with Crippen LogP contribution in [0.25, 0.3) is 22.2 Å². The van der Waals surface area contributed by atoms with Crippen LogP contribution in [-0.4, -0.2) is 60.7 Å². The van der Waals surface area contributed by atoms with Crippen LogP contribution in [0.4, 0.5) is 8.78 Å². The molecular formula is C25H27F2N3O5S. The van der Waals surface area contributed by atoms with E-state index in [4.69, 9.17) is 4.74 Å². The SMILES string of the molecule is CC1(NC(=O)c2cnc3c(-c4cccc(OC(F)F)c4)cn(C4CCOCC4)c3c2)CCS(=O)(=O)C1. The minimum Gasteiger partial charge on any atom is -0.435 e. The number of nitrogens with one attached hydrogen (secondary N) is 1. The molecule has 8 nitrogen and oxygen atoms in total. The highest BCUT2D eigenvalue weighted by molar-refractivity contribution is 7.91. The Morgan fingerprint density at radius 1 is 1.28 bits per heavy atom. The third-order valence-corrected chi connectivity index (χ3v) is 8.71. The highest BCUT2D eigenvalue weighted by atomic mass is 32.2. The lowest BCUT2D eigenvalue weighted by Crippen LogP contribution is -2.46. The Labute approximate surface area is 207 Å². The van der Waals surface area contributed by atoms with Gasteiger partial charge in [0.15, 0.2) is 9.84 Å². The van der Waals surface area contributed by atoms with Crippen LogP contribution in [0.5, 0.6) is 5.75 Å². The first-order valence-electron chi connectivity index (χ1n) is 11.8. The van der Waals surface area contributed by atoms with Gasteiger partial charge in [-0.1, -0.05) is 12.1 Å². The van der Waals surface area contributed by atoms with E-state index in [2.05, 4.69) is 19.6 Å². The van der Waals surface area contributed by atoms with Crippen molar-refractivity contribution >= 4 is 26.8 Å². The van der Waals surface area contributed by atoms with Crippen LogP contribution < -0.4 is 10.1 Å². The molecule has 2 saturated heterocycles. The number of rotatable bonds is 6. The molecule has 4 heterocycles. The van der Waals surface area contributed by atoms with Crippen LogP contribution in [-0.2, 0) is 14.6 Å². The second-order valence-electron chi connectivity index (χ2n) is 9.65. The molecule has 192 valence electrons. The number of hydrogen-bond acceptors (Lipinski definition) is 6. The van der Waals surface area contributed by atoms with E-state index < -0.39 is 27.9 Å². The molecule has 2 aliphatic rings. The number of amides is 1. The summed E-state index contributed by atoms with van der Waals surface area (Å²) in [5.41, 5.74) is 2.25. The first kappa shape index (κ1) is 24.6. The van der Waals surface area contributed by atoms with Gasteiger partial charge in [0.1, 0.15) is 5.75 Å². The molecule has 2 aliphatic heterocycles. The van der Waals surface area contributed by atoms with Gasteiger partial charge in [-0.25, -0.2) is 8.42 Å². The minimum absolute atomic E-state index is 0.0465. The number of aromatic nitrogens is 2. The maximum absolute atomic E-state index is 13.1. The highest BCUT2D eigenvalue weighted by Crippen LogP contribution is 2.36. The lowest BCUT2D eigenvalue weighted by Gasteiger charge is -2.25. The number of alkyl halides is 2. The van der Waals surface area contributed by atoms with Gasteiger partial charge < -0.3 is 19.4 Å². The van der Waals surface area contributed by atoms with E-state index in [1.807, 2.05) is 6.20 Å². The van der Waals surface area contributed by atoms with Gasteiger partial charge in [-0.05, 0) is 49.9 Å². The van der Waals surface area contributed by atoms with Crippen molar-refractivity contribution in [1.82, 2.24) is 14.9 Å². The zero-order valence-corrected chi connectivity index (χ0v) is 20.6. The number of pyridine rings is 1. The van der Waals surface area contributed by atoms with Crippen molar-refractivity contribution in [2.45, 2.75) is 44.4 Å². The lowest BCUT2D eigenvalue weighted by atomic mass is 10.0. The number of nitrogens with zero attached hydrogens (tertiary/aromatic N) is 2. The number of fused-ring (bicyclic) bond motifs is 1. The van der Waals surface area contributed by atoms with E-state index in [-0.39, 0.29) is 23.3 Å². The van der Waals surface area contributed by atoms with Crippen molar-refractivity contribution in [1.29, 1.82) is 0 Å². The average Bonchev–Trinajstić information content (AvgIpc) is 3.35. The Hall–Kier alpha value is -3.05. The van der Waals surface area contributed by atoms with E-state index in [0.717, 1.165) is 23.9 Å². The average molecular weight is 520 g/mol. The summed E-state index contributed by atoms with van der Waals surface area (Å²) >= 11 is 0. The van der Waals surface area contributed by atoms with Crippen LogP contribution in [0.15, 0.2) is 42.7 Å². The number of halogens is 2. The van der Waals surface area contributed by atoms with Gasteiger partial charge >= 0.3 is 6.61 Å². The molecule has 0 spiro atoms. The van der Waals surface area contributed by atoms with Crippen molar-refractivity contribution < 1.29 is 31.5 Å². The number of hydrogen-bond donors (Lipinski definition) is 1. The summed E-state index contributed by atoms with van der Waals surface area (Å²) in [5, 5.41) is 2.88. The van der Waals surface area contributed by atoms with E-state index in [0.29, 0.717) is 36.3 Å². The number of carbonyl (C=O) groups is 1. The molecule has 2 fully saturated rings. The Kier molecular flexibility index (Phi) is 6.46. The number of carbonyl (C=O) groups excluding carboxylic acids is 1. The lowest BCUT2D eigenvalue weighted by molar-refractivity contribution is -0.0498. The van der Waals surface area contributed by atoms with E-state index >= 15 is 0 Å². The standard InChI is InChI=1S/C25H27F2N3O5S/c1-25(7-10-36(32,33)15-25)29-23(31)17-12-21-22(28-13-17)20(14-30(21)18-5-8-34-9-6-18)16-3-2-4-19(11-16)35-24(26)27/h2-4,11-14,18,24H,5-10,15H2,1H3,(H,29,31). The van der Waals surface area contributed by atoms with Gasteiger partial charge in [-0.2, -0.15) is 8.78 Å². The second kappa shape index (κ2) is 9.44. The van der Waals surface area contributed by atoms with Crippen LogP contribution >= 0.6 is 0 Å². The van der Waals surface area contributed by atoms with Crippen molar-refractivity contribution in [2.75, 3.05) is 24.7 Å². The molecule has 0 saturated carbocycles. The largest absolute Gasteiger partial charge is 0.435 e. The summed E-state index contributed by atoms with van der Waals surface area (Å²) < 4.78 is 61.6. The van der Waals surface area contributed by atoms with Gasteiger partial charge in [-0.15, -0.1) is 0 Å². The Bertz CT molecular complexity index is 1400. The molecular weight excluding hydrogens is 492 g/mol. The number of sulfone groups is 1. The quantitative estimate of drug-likeness (QED) is 0.529. The fourth-order valence-corrected chi connectivity index (χ4v) is 7.12. The summed E-state index contributed by atoms with van der Waals surface area (Å²) in [6.07, 6.45) is 5.31. The van der Waals surface area contributed by atoms with Crippen molar-refractivity contribution in [3.8, 4) is 16.9 Å². The molecule has 1 amide bonds. The molecule has 2 aromatic heterocycles. The Morgan fingerprint density at radius 2 is 2.06 bits per heavy atom. The van der Waals surface area contributed by atoms with Crippen LogP contribution in [0, 0.1) is 0 Å². The topological polar surface area (TPSA) is 99.5 Å². The van der Waals surface area contributed by atoms with Crippen LogP contribution in [0.2, 0.25) is 0 Å². The van der Waals surface area contributed by atoms with Gasteiger partial charge in [0.2, 0.25) is 0 Å². The van der Waals surface area contributed by atoms with Crippen molar-refractivity contribution in [3.63, 3.8) is 0 Å². The van der Waals surface area contributed by atoms with Gasteiger partial charge in [0.05, 0.1) is 33.6 Å². The minimum atomic E-state index is -3.18. The first-order valence-corrected chi connectivity index (χ1v) is 13.6. The van der Waals surface area contributed by atoms with Gasteiger partial charge in [-0.3, -0.25) is 9.78 Å². The monoisotopic (exact) mass is 519 g/mol. The highest BCUT2D eigenvalue weighted by Gasteiger charge is 2.39. The molecule has 1 atom stereocenters. The summed E-state index contributed by atoms with van der Waals surface area (Å²) in [6.45, 7) is 0.0219. The molecule has 3 aromatic rings. The summed E-state index contributed by atoms with van der Waals surface area (Å²) in [6, 6.07) is 8.32. The molecule has 36 heavy (non-hydrogen) atoms. The Balaban J connectivity index is 1.54. The number of ether oxygens (including phenoxy) is 2. The molecule has 0 bridgehead atoms. The second-order valence-corrected chi connectivity index (χ2v) is 11.8. The predicted molar refractivity (Wildman–Crippen MR) is 130 cm³/mol. The summed E-state index contributed by atoms with van der Waals surface area (Å²) in [5.74, 6) is -0.394. The third-order valence-electron chi connectivity index (χ3n) is 6.80. The van der Waals surface area contributed by atoms with Crippen LogP contribution in [0.3, 0.4) is 0 Å². The van der Waals surface area contributed by atoms with E-state index in [9.17, 15) is 22.0 Å². The van der Waals surface area contributed by atoms with Gasteiger partial charge in [0.25, 0.3) is 5.91 Å². The summed E-state index contributed by atoms with van der Waals surface area (Å²) in [4.78, 5) is 17.7. The molecule has 1 aromatic carbocycles. The Morgan fingerprint density at radius 3 is 2.75 bits per heavy atom. The zero-order chi connectivity index (χ0) is 25.5. The van der Waals surface area contributed by atoms with Gasteiger partial charge in [0, 0.05) is 37.2 Å². The fraction of sp³-hybridized carbons (Fsp3) is 0.440.